The average molecular weight is 339 g/mol. The maximum atomic E-state index is 12.4. The van der Waals surface area contributed by atoms with Crippen LogP contribution in [0.3, 0.4) is 0 Å². The predicted molar refractivity (Wildman–Crippen MR) is 86.0 cm³/mol. The molecule has 23 heavy (non-hydrogen) atoms. The molecule has 7 heteroatoms. The van der Waals surface area contributed by atoms with Crippen LogP contribution >= 0.6 is 11.6 Å². The number of nitrogens with zero attached hydrogens (tertiary/aromatic N) is 1. The standard InChI is InChI=1S/C16H19ClN2O4/c1-10-13(15(20)23-3)14(11-6-4-5-7-12(11)17)18-16(21)19(10)8-9-22-2/h4-7,14H,8-9H2,1-3H3,(H,18,21)/t14-/m0/s1. The van der Waals surface area contributed by atoms with Gasteiger partial charge < -0.3 is 14.8 Å². The van der Waals surface area contributed by atoms with Crippen LogP contribution in [0, 0.1) is 0 Å². The molecule has 1 atom stereocenters. The van der Waals surface area contributed by atoms with Crippen molar-refractivity contribution in [3.8, 4) is 0 Å². The molecule has 2 amide bonds. The van der Waals surface area contributed by atoms with Gasteiger partial charge in [-0.15, -0.1) is 0 Å². The van der Waals surface area contributed by atoms with Crippen molar-refractivity contribution in [1.29, 1.82) is 0 Å². The molecule has 0 aromatic heterocycles. The van der Waals surface area contributed by atoms with E-state index in [2.05, 4.69) is 5.32 Å². The van der Waals surface area contributed by atoms with Crippen molar-refractivity contribution >= 4 is 23.6 Å². The summed E-state index contributed by atoms with van der Waals surface area (Å²) < 4.78 is 9.90. The Morgan fingerprint density at radius 1 is 1.35 bits per heavy atom. The van der Waals surface area contributed by atoms with Crippen LogP contribution in [-0.4, -0.2) is 44.3 Å². The van der Waals surface area contributed by atoms with Crippen molar-refractivity contribution < 1.29 is 19.1 Å². The molecule has 1 N–H and O–H groups in total. The van der Waals surface area contributed by atoms with Gasteiger partial charge in [-0.3, -0.25) is 4.90 Å². The first-order chi connectivity index (χ1) is 11.0. The minimum atomic E-state index is -0.651. The molecule has 0 bridgehead atoms. The molecule has 0 fully saturated rings. The third kappa shape index (κ3) is 3.48. The van der Waals surface area contributed by atoms with E-state index in [9.17, 15) is 9.59 Å². The van der Waals surface area contributed by atoms with Gasteiger partial charge in [0.05, 0.1) is 31.9 Å². The predicted octanol–water partition coefficient (Wildman–Crippen LogP) is 2.50. The van der Waals surface area contributed by atoms with Crippen molar-refractivity contribution in [2.24, 2.45) is 0 Å². The highest BCUT2D eigenvalue weighted by Gasteiger charge is 2.36. The second-order valence-corrected chi connectivity index (χ2v) is 5.45. The number of halogens is 1. The van der Waals surface area contributed by atoms with Crippen LogP contribution in [0.5, 0.6) is 0 Å². The summed E-state index contributed by atoms with van der Waals surface area (Å²) in [6.07, 6.45) is 0. The van der Waals surface area contributed by atoms with Gasteiger partial charge in [0.15, 0.2) is 0 Å². The number of amides is 2. The van der Waals surface area contributed by atoms with Gasteiger partial charge in [0.25, 0.3) is 0 Å². The first-order valence-electron chi connectivity index (χ1n) is 7.11. The SMILES string of the molecule is COCCN1C(=O)N[C@@H](c2ccccc2Cl)C(C(=O)OC)=C1C. The minimum absolute atomic E-state index is 0.308. The lowest BCUT2D eigenvalue weighted by molar-refractivity contribution is -0.136. The molecule has 0 aliphatic carbocycles. The van der Waals surface area contributed by atoms with Crippen LogP contribution in [0.15, 0.2) is 35.5 Å². The Bertz CT molecular complexity index is 645. The van der Waals surface area contributed by atoms with E-state index in [-0.39, 0.29) is 6.03 Å². The molecule has 1 aromatic carbocycles. The summed E-state index contributed by atoms with van der Waals surface area (Å²) in [5.74, 6) is -0.505. The fraction of sp³-hybridized carbons (Fsp3) is 0.375. The lowest BCUT2D eigenvalue weighted by Crippen LogP contribution is -2.49. The molecule has 0 saturated carbocycles. The van der Waals surface area contributed by atoms with Crippen LogP contribution < -0.4 is 5.32 Å². The lowest BCUT2D eigenvalue weighted by atomic mass is 9.95. The number of methoxy groups -OCH3 is 2. The molecule has 6 nitrogen and oxygen atoms in total. The normalized spacial score (nSPS) is 18.0. The second-order valence-electron chi connectivity index (χ2n) is 5.04. The van der Waals surface area contributed by atoms with E-state index in [1.54, 1.807) is 38.3 Å². The first-order valence-corrected chi connectivity index (χ1v) is 7.49. The van der Waals surface area contributed by atoms with Crippen LogP contribution in [0.4, 0.5) is 4.79 Å². The van der Waals surface area contributed by atoms with Gasteiger partial charge in [0.1, 0.15) is 0 Å². The van der Waals surface area contributed by atoms with E-state index in [4.69, 9.17) is 21.1 Å². The molecule has 0 spiro atoms. The van der Waals surface area contributed by atoms with E-state index in [0.717, 1.165) is 0 Å². The summed E-state index contributed by atoms with van der Waals surface area (Å²) in [5, 5.41) is 3.29. The van der Waals surface area contributed by atoms with E-state index >= 15 is 0 Å². The molecule has 1 aromatic rings. The van der Waals surface area contributed by atoms with Gasteiger partial charge in [-0.2, -0.15) is 0 Å². The number of allylic oxidation sites excluding steroid dienone is 1. The number of hydrogen-bond donors (Lipinski definition) is 1. The highest BCUT2D eigenvalue weighted by atomic mass is 35.5. The smallest absolute Gasteiger partial charge is 0.337 e. The number of hydrogen-bond acceptors (Lipinski definition) is 4. The highest BCUT2D eigenvalue weighted by molar-refractivity contribution is 6.31. The Morgan fingerprint density at radius 2 is 2.04 bits per heavy atom. The monoisotopic (exact) mass is 338 g/mol. The zero-order valence-electron chi connectivity index (χ0n) is 13.3. The number of carbonyl (C=O) groups excluding carboxylic acids is 2. The summed E-state index contributed by atoms with van der Waals surface area (Å²) in [6, 6.07) is 6.11. The van der Waals surface area contributed by atoms with E-state index in [1.165, 1.54) is 12.0 Å². The van der Waals surface area contributed by atoms with E-state index < -0.39 is 12.0 Å². The second kappa shape index (κ2) is 7.48. The summed E-state index contributed by atoms with van der Waals surface area (Å²) in [5.41, 5.74) is 1.53. The Morgan fingerprint density at radius 3 is 2.65 bits per heavy atom. The zero-order chi connectivity index (χ0) is 17.0. The number of rotatable bonds is 5. The topological polar surface area (TPSA) is 67.9 Å². The van der Waals surface area contributed by atoms with Gasteiger partial charge in [0.2, 0.25) is 0 Å². The maximum Gasteiger partial charge on any atom is 0.337 e. The average Bonchev–Trinajstić information content (AvgIpc) is 2.54. The molecule has 0 saturated heterocycles. The fourth-order valence-electron chi connectivity index (χ4n) is 2.55. The van der Waals surface area contributed by atoms with Gasteiger partial charge in [0, 0.05) is 17.8 Å². The summed E-state index contributed by atoms with van der Waals surface area (Å²) in [6.45, 7) is 2.41. The van der Waals surface area contributed by atoms with Crippen molar-refractivity contribution in [3.63, 3.8) is 0 Å². The molecule has 1 aliphatic heterocycles. The van der Waals surface area contributed by atoms with Crippen molar-refractivity contribution in [2.45, 2.75) is 13.0 Å². The molecule has 0 unspecified atom stereocenters. The number of ether oxygens (including phenoxy) is 2. The number of esters is 1. The zero-order valence-corrected chi connectivity index (χ0v) is 14.0. The maximum absolute atomic E-state index is 12.4. The van der Waals surface area contributed by atoms with Gasteiger partial charge in [-0.25, -0.2) is 9.59 Å². The Hall–Kier alpha value is -2.05. The third-order valence-corrected chi connectivity index (χ3v) is 4.08. The van der Waals surface area contributed by atoms with Crippen molar-refractivity contribution in [3.05, 3.63) is 46.1 Å². The van der Waals surface area contributed by atoms with Gasteiger partial charge in [-0.1, -0.05) is 29.8 Å². The third-order valence-electron chi connectivity index (χ3n) is 3.74. The largest absolute Gasteiger partial charge is 0.466 e. The Kier molecular flexibility index (Phi) is 5.63. The molecule has 124 valence electrons. The van der Waals surface area contributed by atoms with E-state index in [0.29, 0.717) is 35.0 Å². The lowest BCUT2D eigenvalue weighted by Gasteiger charge is -2.35. The van der Waals surface area contributed by atoms with E-state index in [1.807, 2.05) is 0 Å². The number of carbonyl (C=O) groups is 2. The molecular weight excluding hydrogens is 320 g/mol. The van der Waals surface area contributed by atoms with Crippen LogP contribution in [-0.2, 0) is 14.3 Å². The molecule has 1 aliphatic rings. The Balaban J connectivity index is 2.51. The molecular formula is C16H19ClN2O4. The van der Waals surface area contributed by atoms with Crippen molar-refractivity contribution in [1.82, 2.24) is 10.2 Å². The summed E-state index contributed by atoms with van der Waals surface area (Å²) >= 11 is 6.23. The fourth-order valence-corrected chi connectivity index (χ4v) is 2.79. The number of urea groups is 1. The highest BCUT2D eigenvalue weighted by Crippen LogP contribution is 2.34. The van der Waals surface area contributed by atoms with Gasteiger partial charge in [-0.05, 0) is 18.6 Å². The summed E-state index contributed by atoms with van der Waals surface area (Å²) in [7, 11) is 2.86. The molecule has 2 rings (SSSR count). The quantitative estimate of drug-likeness (QED) is 0.838. The number of benzene rings is 1. The van der Waals surface area contributed by atoms with Crippen LogP contribution in [0.1, 0.15) is 18.5 Å². The summed E-state index contributed by atoms with van der Waals surface area (Å²) in [4.78, 5) is 26.1. The van der Waals surface area contributed by atoms with Crippen LogP contribution in [0.2, 0.25) is 5.02 Å². The number of nitrogens with one attached hydrogen (secondary N) is 1. The van der Waals surface area contributed by atoms with Crippen LogP contribution in [0.25, 0.3) is 0 Å². The van der Waals surface area contributed by atoms with Gasteiger partial charge >= 0.3 is 12.0 Å². The minimum Gasteiger partial charge on any atom is -0.466 e. The van der Waals surface area contributed by atoms with Crippen molar-refractivity contribution in [2.75, 3.05) is 27.4 Å². The first kappa shape index (κ1) is 17.3. The molecule has 1 heterocycles. The molecule has 0 radical (unpaired) electrons. The Labute approximate surface area is 140 Å².